The zero-order valence-electron chi connectivity index (χ0n) is 13.9. The minimum absolute atomic E-state index is 0.193. The van der Waals surface area contributed by atoms with Gasteiger partial charge in [-0.1, -0.05) is 42.5 Å². The van der Waals surface area contributed by atoms with Crippen LogP contribution in [0.2, 0.25) is 0 Å². The standard InChI is InChI=1S/C19H16N2O4S/c1-20-18(23)25-11-13-3-2-4-15(9-13)14-7-5-12(6-8-14)10-16-17(22)21-19(24)26-16/h2-10H,11H2,1H3,(H,20,23)(H,21,22,24). The van der Waals surface area contributed by atoms with Gasteiger partial charge in [-0.3, -0.25) is 14.9 Å². The van der Waals surface area contributed by atoms with Gasteiger partial charge in [0.05, 0.1) is 4.91 Å². The van der Waals surface area contributed by atoms with Crippen LogP contribution in [-0.4, -0.2) is 24.3 Å². The van der Waals surface area contributed by atoms with E-state index in [0.717, 1.165) is 34.0 Å². The minimum atomic E-state index is -0.472. The number of nitrogens with one attached hydrogen (secondary N) is 2. The van der Waals surface area contributed by atoms with Gasteiger partial charge in [0.2, 0.25) is 0 Å². The molecule has 0 aromatic heterocycles. The second kappa shape index (κ2) is 7.88. The summed E-state index contributed by atoms with van der Waals surface area (Å²) in [5.41, 5.74) is 3.70. The molecule has 0 spiro atoms. The fourth-order valence-corrected chi connectivity index (χ4v) is 3.09. The smallest absolute Gasteiger partial charge is 0.407 e. The highest BCUT2D eigenvalue weighted by Crippen LogP contribution is 2.27. The summed E-state index contributed by atoms with van der Waals surface area (Å²) >= 11 is 0.896. The molecule has 3 amide bonds. The molecule has 6 nitrogen and oxygen atoms in total. The first kappa shape index (κ1) is 17.8. The average molecular weight is 368 g/mol. The average Bonchev–Trinajstić information content (AvgIpc) is 2.97. The Morgan fingerprint density at radius 1 is 1.15 bits per heavy atom. The van der Waals surface area contributed by atoms with E-state index in [0.29, 0.717) is 4.91 Å². The third-order valence-corrected chi connectivity index (χ3v) is 4.50. The Bertz CT molecular complexity index is 891. The Balaban J connectivity index is 1.74. The molecule has 1 aliphatic heterocycles. The molecule has 2 N–H and O–H groups in total. The maximum absolute atomic E-state index is 11.6. The van der Waals surface area contributed by atoms with Gasteiger partial charge < -0.3 is 10.1 Å². The molecular formula is C19H16N2O4S. The van der Waals surface area contributed by atoms with Crippen LogP contribution in [-0.2, 0) is 16.1 Å². The maximum Gasteiger partial charge on any atom is 0.407 e. The number of imide groups is 1. The highest BCUT2D eigenvalue weighted by atomic mass is 32.2. The van der Waals surface area contributed by atoms with Crippen LogP contribution in [0.25, 0.3) is 17.2 Å². The van der Waals surface area contributed by atoms with Crippen LogP contribution in [0.4, 0.5) is 9.59 Å². The van der Waals surface area contributed by atoms with Crippen molar-refractivity contribution in [2.24, 2.45) is 0 Å². The van der Waals surface area contributed by atoms with E-state index in [-0.39, 0.29) is 17.8 Å². The molecule has 132 valence electrons. The lowest BCUT2D eigenvalue weighted by Gasteiger charge is -2.07. The number of ether oxygens (including phenoxy) is 1. The topological polar surface area (TPSA) is 84.5 Å². The highest BCUT2D eigenvalue weighted by molar-refractivity contribution is 8.18. The number of rotatable bonds is 4. The van der Waals surface area contributed by atoms with Crippen molar-refractivity contribution in [1.29, 1.82) is 0 Å². The van der Waals surface area contributed by atoms with Crippen LogP contribution >= 0.6 is 11.8 Å². The van der Waals surface area contributed by atoms with Crippen LogP contribution < -0.4 is 10.6 Å². The van der Waals surface area contributed by atoms with Gasteiger partial charge >= 0.3 is 6.09 Å². The van der Waals surface area contributed by atoms with E-state index in [1.807, 2.05) is 48.5 Å². The third kappa shape index (κ3) is 4.31. The third-order valence-electron chi connectivity index (χ3n) is 3.68. The lowest BCUT2D eigenvalue weighted by molar-refractivity contribution is -0.115. The molecule has 3 rings (SSSR count). The Morgan fingerprint density at radius 2 is 1.92 bits per heavy atom. The number of carbonyl (C=O) groups is 3. The number of hydrogen-bond acceptors (Lipinski definition) is 5. The minimum Gasteiger partial charge on any atom is -0.445 e. The first-order valence-electron chi connectivity index (χ1n) is 7.84. The van der Waals surface area contributed by atoms with Crippen molar-refractivity contribution >= 4 is 35.1 Å². The normalized spacial score (nSPS) is 15.0. The Morgan fingerprint density at radius 3 is 2.58 bits per heavy atom. The second-order valence-corrected chi connectivity index (χ2v) is 6.52. The summed E-state index contributed by atoms with van der Waals surface area (Å²) < 4.78 is 5.05. The number of benzene rings is 2. The van der Waals surface area contributed by atoms with E-state index in [1.54, 1.807) is 6.08 Å². The number of alkyl carbamates (subject to hydrolysis) is 1. The predicted octanol–water partition coefficient (Wildman–Crippen LogP) is 3.53. The van der Waals surface area contributed by atoms with Crippen molar-refractivity contribution in [2.45, 2.75) is 6.61 Å². The maximum atomic E-state index is 11.6. The van der Waals surface area contributed by atoms with E-state index in [4.69, 9.17) is 4.74 Å². The molecule has 0 atom stereocenters. The van der Waals surface area contributed by atoms with Gasteiger partial charge in [-0.2, -0.15) is 0 Å². The van der Waals surface area contributed by atoms with Crippen molar-refractivity contribution in [3.63, 3.8) is 0 Å². The quantitative estimate of drug-likeness (QED) is 0.807. The van der Waals surface area contributed by atoms with Crippen LogP contribution in [0.5, 0.6) is 0 Å². The van der Waals surface area contributed by atoms with Gasteiger partial charge in [0.25, 0.3) is 11.1 Å². The van der Waals surface area contributed by atoms with Gasteiger partial charge in [0.1, 0.15) is 6.61 Å². The largest absolute Gasteiger partial charge is 0.445 e. The SMILES string of the molecule is CNC(=O)OCc1cccc(-c2ccc(C=C3SC(=O)NC3=O)cc2)c1. The molecule has 7 heteroatoms. The highest BCUT2D eigenvalue weighted by Gasteiger charge is 2.24. The Hall–Kier alpha value is -3.06. The molecule has 0 bridgehead atoms. The monoisotopic (exact) mass is 368 g/mol. The second-order valence-electron chi connectivity index (χ2n) is 5.50. The van der Waals surface area contributed by atoms with E-state index in [9.17, 15) is 14.4 Å². The van der Waals surface area contributed by atoms with Crippen LogP contribution in [0.3, 0.4) is 0 Å². The summed E-state index contributed by atoms with van der Waals surface area (Å²) in [5.74, 6) is -0.368. The molecule has 1 heterocycles. The lowest BCUT2D eigenvalue weighted by atomic mass is 10.0. The lowest BCUT2D eigenvalue weighted by Crippen LogP contribution is -2.18. The van der Waals surface area contributed by atoms with Gasteiger partial charge in [-0.15, -0.1) is 0 Å². The van der Waals surface area contributed by atoms with Gasteiger partial charge in [0.15, 0.2) is 0 Å². The first-order chi connectivity index (χ1) is 12.5. The van der Waals surface area contributed by atoms with Crippen LogP contribution in [0.15, 0.2) is 53.4 Å². The van der Waals surface area contributed by atoms with E-state index in [2.05, 4.69) is 10.6 Å². The molecule has 26 heavy (non-hydrogen) atoms. The fraction of sp³-hybridized carbons (Fsp3) is 0.105. The molecule has 1 aliphatic rings. The summed E-state index contributed by atoms with van der Waals surface area (Å²) in [6, 6.07) is 15.3. The summed E-state index contributed by atoms with van der Waals surface area (Å²) in [7, 11) is 1.51. The number of thioether (sulfide) groups is 1. The molecule has 2 aromatic rings. The Kier molecular flexibility index (Phi) is 5.38. The van der Waals surface area contributed by atoms with E-state index in [1.165, 1.54) is 7.05 Å². The van der Waals surface area contributed by atoms with E-state index >= 15 is 0 Å². The fourth-order valence-electron chi connectivity index (χ4n) is 2.41. The Labute approximate surface area is 154 Å². The van der Waals surface area contributed by atoms with Crippen molar-refractivity contribution in [3.8, 4) is 11.1 Å². The summed E-state index contributed by atoms with van der Waals surface area (Å²) in [6.45, 7) is 0.193. The zero-order chi connectivity index (χ0) is 18.5. The van der Waals surface area contributed by atoms with Crippen molar-refractivity contribution in [3.05, 3.63) is 64.6 Å². The van der Waals surface area contributed by atoms with Crippen molar-refractivity contribution < 1.29 is 19.1 Å². The van der Waals surface area contributed by atoms with Gasteiger partial charge in [-0.25, -0.2) is 4.79 Å². The van der Waals surface area contributed by atoms with E-state index < -0.39 is 6.09 Å². The molecule has 2 aromatic carbocycles. The number of carbonyl (C=O) groups excluding carboxylic acids is 3. The van der Waals surface area contributed by atoms with Crippen molar-refractivity contribution in [1.82, 2.24) is 10.6 Å². The van der Waals surface area contributed by atoms with Crippen molar-refractivity contribution in [2.75, 3.05) is 7.05 Å². The molecule has 1 saturated heterocycles. The molecule has 1 fully saturated rings. The molecular weight excluding hydrogens is 352 g/mol. The molecule has 0 radical (unpaired) electrons. The van der Waals surface area contributed by atoms with Crippen LogP contribution in [0.1, 0.15) is 11.1 Å². The molecule has 0 aliphatic carbocycles. The predicted molar refractivity (Wildman–Crippen MR) is 100 cm³/mol. The molecule has 0 saturated carbocycles. The summed E-state index contributed by atoms with van der Waals surface area (Å²) in [6.07, 6.45) is 1.21. The first-order valence-corrected chi connectivity index (χ1v) is 8.65. The van der Waals surface area contributed by atoms with Gasteiger partial charge in [0, 0.05) is 7.05 Å². The van der Waals surface area contributed by atoms with Crippen LogP contribution in [0, 0.1) is 0 Å². The number of amides is 3. The zero-order valence-corrected chi connectivity index (χ0v) is 14.8. The molecule has 0 unspecified atom stereocenters. The summed E-state index contributed by atoms with van der Waals surface area (Å²) in [5, 5.41) is 4.28. The van der Waals surface area contributed by atoms with Gasteiger partial charge in [-0.05, 0) is 46.2 Å². The number of hydrogen-bond donors (Lipinski definition) is 2. The summed E-state index contributed by atoms with van der Waals surface area (Å²) in [4.78, 5) is 34.3.